The van der Waals surface area contributed by atoms with Crippen molar-refractivity contribution in [3.8, 4) is 0 Å². The first-order valence-electron chi connectivity index (χ1n) is 4.04. The largest absolute Gasteiger partial charge is 0.451 e. The zero-order chi connectivity index (χ0) is 9.64. The summed E-state index contributed by atoms with van der Waals surface area (Å²) >= 11 is 5.77. The number of carbonyl (C=O) groups excluding carboxylic acids is 1. The molecule has 1 heterocycles. The van der Waals surface area contributed by atoms with Crippen molar-refractivity contribution in [1.82, 2.24) is 0 Å². The second kappa shape index (κ2) is 2.48. The van der Waals surface area contributed by atoms with Crippen LogP contribution in [0.2, 0.25) is 5.02 Å². The van der Waals surface area contributed by atoms with E-state index >= 15 is 0 Å². The SMILES string of the molecule is CC1(C)OC(=O)c2cc(Cl)ccc21. The van der Waals surface area contributed by atoms with Crippen LogP contribution < -0.4 is 0 Å². The number of fused-ring (bicyclic) bond motifs is 1. The van der Waals surface area contributed by atoms with E-state index in [0.29, 0.717) is 10.6 Å². The number of hydrogen-bond acceptors (Lipinski definition) is 2. The highest BCUT2D eigenvalue weighted by molar-refractivity contribution is 6.31. The summed E-state index contributed by atoms with van der Waals surface area (Å²) < 4.78 is 5.18. The number of benzene rings is 1. The Kier molecular flexibility index (Phi) is 1.64. The Hall–Kier alpha value is -1.02. The molecule has 3 heteroatoms. The van der Waals surface area contributed by atoms with Crippen molar-refractivity contribution in [2.45, 2.75) is 19.4 Å². The van der Waals surface area contributed by atoms with Gasteiger partial charge in [-0.15, -0.1) is 0 Å². The number of esters is 1. The fourth-order valence-electron chi connectivity index (χ4n) is 1.55. The summed E-state index contributed by atoms with van der Waals surface area (Å²) in [5.41, 5.74) is 0.969. The summed E-state index contributed by atoms with van der Waals surface area (Å²) in [6, 6.07) is 5.25. The number of carbonyl (C=O) groups is 1. The van der Waals surface area contributed by atoms with Gasteiger partial charge < -0.3 is 4.74 Å². The fourth-order valence-corrected chi connectivity index (χ4v) is 1.72. The number of hydrogen-bond donors (Lipinski definition) is 0. The van der Waals surface area contributed by atoms with Crippen LogP contribution in [0.25, 0.3) is 0 Å². The third-order valence-corrected chi connectivity index (χ3v) is 2.43. The molecule has 1 aromatic rings. The van der Waals surface area contributed by atoms with Crippen molar-refractivity contribution in [2.75, 3.05) is 0 Å². The first-order valence-corrected chi connectivity index (χ1v) is 4.42. The number of ether oxygens (including phenoxy) is 1. The molecule has 1 aliphatic rings. The third-order valence-electron chi connectivity index (χ3n) is 2.20. The molecule has 0 N–H and O–H groups in total. The van der Waals surface area contributed by atoms with Crippen LogP contribution >= 0.6 is 11.6 Å². The van der Waals surface area contributed by atoms with Crippen molar-refractivity contribution in [3.63, 3.8) is 0 Å². The zero-order valence-electron chi connectivity index (χ0n) is 7.43. The standard InChI is InChI=1S/C10H9ClO2/c1-10(2)8-4-3-6(11)5-7(8)9(12)13-10/h3-5H,1-2H3. The maximum Gasteiger partial charge on any atom is 0.339 e. The van der Waals surface area contributed by atoms with Gasteiger partial charge in [-0.05, 0) is 26.0 Å². The molecule has 2 rings (SSSR count). The highest BCUT2D eigenvalue weighted by Gasteiger charge is 2.37. The molecule has 0 bridgehead atoms. The van der Waals surface area contributed by atoms with Crippen molar-refractivity contribution in [3.05, 3.63) is 34.3 Å². The molecule has 0 aliphatic carbocycles. The Balaban J connectivity index is 2.66. The van der Waals surface area contributed by atoms with E-state index in [1.54, 1.807) is 12.1 Å². The van der Waals surface area contributed by atoms with Crippen LogP contribution in [-0.2, 0) is 10.3 Å². The molecule has 0 saturated carbocycles. The summed E-state index contributed by atoms with van der Waals surface area (Å²) in [7, 11) is 0. The molecule has 0 amide bonds. The molecule has 13 heavy (non-hydrogen) atoms. The minimum Gasteiger partial charge on any atom is -0.451 e. The van der Waals surface area contributed by atoms with Gasteiger partial charge in [-0.2, -0.15) is 0 Å². The van der Waals surface area contributed by atoms with Gasteiger partial charge in [0, 0.05) is 10.6 Å². The van der Waals surface area contributed by atoms with Crippen LogP contribution in [0.5, 0.6) is 0 Å². The zero-order valence-corrected chi connectivity index (χ0v) is 8.18. The summed E-state index contributed by atoms with van der Waals surface area (Å²) in [6.07, 6.45) is 0. The first-order chi connectivity index (χ1) is 6.00. The fraction of sp³-hybridized carbons (Fsp3) is 0.300. The molecule has 68 valence electrons. The van der Waals surface area contributed by atoms with Crippen molar-refractivity contribution >= 4 is 17.6 Å². The van der Waals surface area contributed by atoms with E-state index in [0.717, 1.165) is 5.56 Å². The Morgan fingerprint density at radius 2 is 2.08 bits per heavy atom. The molecular weight excluding hydrogens is 188 g/mol. The Morgan fingerprint density at radius 1 is 1.38 bits per heavy atom. The van der Waals surface area contributed by atoms with E-state index in [1.165, 1.54) is 0 Å². The van der Waals surface area contributed by atoms with E-state index < -0.39 is 5.60 Å². The predicted octanol–water partition coefficient (Wildman–Crippen LogP) is 2.75. The molecule has 0 fully saturated rings. The molecule has 0 radical (unpaired) electrons. The van der Waals surface area contributed by atoms with Gasteiger partial charge >= 0.3 is 5.97 Å². The van der Waals surface area contributed by atoms with Crippen LogP contribution in [-0.4, -0.2) is 5.97 Å². The number of halogens is 1. The topological polar surface area (TPSA) is 26.3 Å². The molecule has 0 spiro atoms. The normalized spacial score (nSPS) is 18.2. The quantitative estimate of drug-likeness (QED) is 0.597. The lowest BCUT2D eigenvalue weighted by Gasteiger charge is -2.17. The Morgan fingerprint density at radius 3 is 2.77 bits per heavy atom. The highest BCUT2D eigenvalue weighted by Crippen LogP contribution is 2.36. The van der Waals surface area contributed by atoms with E-state index in [9.17, 15) is 4.79 Å². The van der Waals surface area contributed by atoms with Crippen molar-refractivity contribution < 1.29 is 9.53 Å². The monoisotopic (exact) mass is 196 g/mol. The number of rotatable bonds is 0. The summed E-state index contributed by atoms with van der Waals surface area (Å²) in [5.74, 6) is -0.289. The lowest BCUT2D eigenvalue weighted by molar-refractivity contribution is 0.00954. The third kappa shape index (κ3) is 1.22. The number of cyclic esters (lactones) is 1. The van der Waals surface area contributed by atoms with Crippen molar-refractivity contribution in [2.24, 2.45) is 0 Å². The minimum absolute atomic E-state index is 0.289. The van der Waals surface area contributed by atoms with Gasteiger partial charge in [0.2, 0.25) is 0 Å². The van der Waals surface area contributed by atoms with E-state index in [1.807, 2.05) is 19.9 Å². The average Bonchev–Trinajstić information content (AvgIpc) is 2.22. The predicted molar refractivity (Wildman–Crippen MR) is 49.9 cm³/mol. The van der Waals surface area contributed by atoms with Gasteiger partial charge in [0.15, 0.2) is 0 Å². The summed E-state index contributed by atoms with van der Waals surface area (Å²) in [5, 5.41) is 0.563. The van der Waals surface area contributed by atoms with Crippen LogP contribution in [0, 0.1) is 0 Å². The first kappa shape index (κ1) is 8.57. The minimum atomic E-state index is -0.517. The maximum absolute atomic E-state index is 11.4. The summed E-state index contributed by atoms with van der Waals surface area (Å²) in [4.78, 5) is 11.4. The van der Waals surface area contributed by atoms with Crippen LogP contribution in [0.4, 0.5) is 0 Å². The molecule has 0 saturated heterocycles. The van der Waals surface area contributed by atoms with E-state index in [4.69, 9.17) is 16.3 Å². The van der Waals surface area contributed by atoms with Gasteiger partial charge in [0.1, 0.15) is 5.60 Å². The highest BCUT2D eigenvalue weighted by atomic mass is 35.5. The average molecular weight is 197 g/mol. The van der Waals surface area contributed by atoms with Crippen LogP contribution in [0.3, 0.4) is 0 Å². The van der Waals surface area contributed by atoms with Gasteiger partial charge in [0.25, 0.3) is 0 Å². The van der Waals surface area contributed by atoms with Gasteiger partial charge in [-0.25, -0.2) is 4.79 Å². The molecule has 1 aromatic carbocycles. The van der Waals surface area contributed by atoms with Crippen molar-refractivity contribution in [1.29, 1.82) is 0 Å². The van der Waals surface area contributed by atoms with E-state index in [-0.39, 0.29) is 5.97 Å². The molecule has 0 atom stereocenters. The Labute approximate surface area is 81.5 Å². The Bertz CT molecular complexity index is 383. The van der Waals surface area contributed by atoms with E-state index in [2.05, 4.69) is 0 Å². The van der Waals surface area contributed by atoms with Gasteiger partial charge in [0.05, 0.1) is 5.56 Å². The second-order valence-electron chi connectivity index (χ2n) is 3.59. The smallest absolute Gasteiger partial charge is 0.339 e. The van der Waals surface area contributed by atoms with Crippen LogP contribution in [0.15, 0.2) is 18.2 Å². The molecule has 0 aromatic heterocycles. The van der Waals surface area contributed by atoms with Gasteiger partial charge in [-0.3, -0.25) is 0 Å². The molecule has 1 aliphatic heterocycles. The molecule has 0 unspecified atom stereocenters. The molecular formula is C10H9ClO2. The maximum atomic E-state index is 11.4. The lowest BCUT2D eigenvalue weighted by atomic mass is 9.96. The van der Waals surface area contributed by atoms with Crippen LogP contribution in [0.1, 0.15) is 29.8 Å². The lowest BCUT2D eigenvalue weighted by Crippen LogP contribution is -2.15. The summed E-state index contributed by atoms with van der Waals surface area (Å²) in [6.45, 7) is 3.73. The van der Waals surface area contributed by atoms with Gasteiger partial charge in [-0.1, -0.05) is 17.7 Å². The molecule has 2 nitrogen and oxygen atoms in total. The second-order valence-corrected chi connectivity index (χ2v) is 4.03.